The number of carbonyl (C=O) groups is 1. The number of aromatic amines is 1. The summed E-state index contributed by atoms with van der Waals surface area (Å²) < 4.78 is 6.83. The lowest BCUT2D eigenvalue weighted by Gasteiger charge is -2.28. The van der Waals surface area contributed by atoms with Crippen LogP contribution in [0.3, 0.4) is 0 Å². The number of H-pyrrole nitrogens is 1. The van der Waals surface area contributed by atoms with Crippen molar-refractivity contribution in [1.29, 1.82) is 0 Å². The van der Waals surface area contributed by atoms with Gasteiger partial charge in [0.25, 0.3) is 5.56 Å². The van der Waals surface area contributed by atoms with E-state index in [0.29, 0.717) is 6.42 Å². The molecule has 104 valence electrons. The quantitative estimate of drug-likeness (QED) is 0.828. The molecule has 2 heterocycles. The number of alkyl halides is 1. The van der Waals surface area contributed by atoms with Crippen molar-refractivity contribution in [2.24, 2.45) is 5.92 Å². The fourth-order valence-corrected chi connectivity index (χ4v) is 2.78. The fraction of sp³-hybridized carbons (Fsp3) is 0.583. The molecule has 1 saturated heterocycles. The predicted molar refractivity (Wildman–Crippen MR) is 69.4 cm³/mol. The summed E-state index contributed by atoms with van der Waals surface area (Å²) in [6, 6.07) is 1.18. The van der Waals surface area contributed by atoms with Gasteiger partial charge in [-0.05, 0) is 6.42 Å². The Bertz CT molecular complexity index is 602. The van der Waals surface area contributed by atoms with Crippen molar-refractivity contribution >= 4 is 17.4 Å². The largest absolute Gasteiger partial charge is 0.342 e. The summed E-state index contributed by atoms with van der Waals surface area (Å²) in [4.78, 5) is 37.1. The molecule has 0 radical (unpaired) electrons. The van der Waals surface area contributed by atoms with Gasteiger partial charge in [-0.2, -0.15) is 0 Å². The Morgan fingerprint density at radius 1 is 1.47 bits per heavy atom. The third kappa shape index (κ3) is 2.15. The van der Waals surface area contributed by atoms with Crippen molar-refractivity contribution in [2.75, 3.05) is 5.88 Å². The smallest absolute Gasteiger partial charge is 0.330 e. The van der Waals surface area contributed by atoms with E-state index in [2.05, 4.69) is 4.98 Å². The molecule has 1 aromatic heterocycles. The van der Waals surface area contributed by atoms with Crippen LogP contribution in [0.5, 0.6) is 0 Å². The van der Waals surface area contributed by atoms with Gasteiger partial charge in [0.2, 0.25) is 0 Å². The first kappa shape index (κ1) is 14.0. The molecule has 0 amide bonds. The summed E-state index contributed by atoms with van der Waals surface area (Å²) in [6.45, 7) is 3.62. The Balaban J connectivity index is 2.45. The third-order valence-electron chi connectivity index (χ3n) is 3.73. The Kier molecular flexibility index (Phi) is 3.64. The Morgan fingerprint density at radius 2 is 2.16 bits per heavy atom. The number of aromatic nitrogens is 2. The van der Waals surface area contributed by atoms with Crippen molar-refractivity contribution in [2.45, 2.75) is 32.1 Å². The van der Waals surface area contributed by atoms with Gasteiger partial charge in [-0.25, -0.2) is 4.79 Å². The van der Waals surface area contributed by atoms with E-state index in [1.807, 2.05) is 6.92 Å². The third-order valence-corrected chi connectivity index (χ3v) is 4.19. The van der Waals surface area contributed by atoms with Gasteiger partial charge >= 0.3 is 5.69 Å². The molecule has 7 heteroatoms. The lowest BCUT2D eigenvalue weighted by atomic mass is 9.87. The average molecular weight is 287 g/mol. The molecule has 1 N–H and O–H groups in total. The van der Waals surface area contributed by atoms with Crippen LogP contribution in [0, 0.1) is 5.92 Å². The number of ketones is 1. The Hall–Kier alpha value is -1.40. The van der Waals surface area contributed by atoms with Crippen molar-refractivity contribution in [1.82, 2.24) is 9.55 Å². The minimum absolute atomic E-state index is 0.172. The highest BCUT2D eigenvalue weighted by Gasteiger charge is 2.51. The van der Waals surface area contributed by atoms with E-state index in [0.717, 1.165) is 4.57 Å². The minimum atomic E-state index is -1.03. The molecule has 0 bridgehead atoms. The van der Waals surface area contributed by atoms with Gasteiger partial charge in [-0.3, -0.25) is 19.1 Å². The highest BCUT2D eigenvalue weighted by Crippen LogP contribution is 2.40. The van der Waals surface area contributed by atoms with Crippen LogP contribution >= 0.6 is 11.6 Å². The first-order chi connectivity index (χ1) is 8.95. The average Bonchev–Trinajstić information content (AvgIpc) is 2.64. The van der Waals surface area contributed by atoms with E-state index in [9.17, 15) is 14.4 Å². The fourth-order valence-electron chi connectivity index (χ4n) is 2.29. The van der Waals surface area contributed by atoms with Gasteiger partial charge < -0.3 is 4.74 Å². The standard InChI is InChI=1S/C12H15ClN2O4/c1-3-12(6-13)7(2)9(17)10(19-12)15-5-4-8(16)14-11(15)18/h4-5,7,10H,3,6H2,1-2H3,(H,14,16,18)/t7-,10+,12-/m0/s1. The highest BCUT2D eigenvalue weighted by molar-refractivity contribution is 6.19. The topological polar surface area (TPSA) is 81.2 Å². The van der Waals surface area contributed by atoms with Gasteiger partial charge in [-0.15, -0.1) is 11.6 Å². The Morgan fingerprint density at radius 3 is 2.63 bits per heavy atom. The number of hydrogen-bond donors (Lipinski definition) is 1. The second kappa shape index (κ2) is 4.94. The minimum Gasteiger partial charge on any atom is -0.342 e. The monoisotopic (exact) mass is 286 g/mol. The lowest BCUT2D eigenvalue weighted by Crippen LogP contribution is -2.37. The highest BCUT2D eigenvalue weighted by atomic mass is 35.5. The molecule has 1 fully saturated rings. The van der Waals surface area contributed by atoms with Crippen LogP contribution in [0.25, 0.3) is 0 Å². The molecule has 0 aromatic carbocycles. The van der Waals surface area contributed by atoms with Gasteiger partial charge in [0, 0.05) is 18.2 Å². The number of ether oxygens (including phenoxy) is 1. The molecule has 2 rings (SSSR count). The van der Waals surface area contributed by atoms with E-state index < -0.39 is 29.0 Å². The first-order valence-corrected chi connectivity index (χ1v) is 6.57. The number of nitrogens with zero attached hydrogens (tertiary/aromatic N) is 1. The summed E-state index contributed by atoms with van der Waals surface area (Å²) in [6.07, 6.45) is 0.798. The zero-order valence-electron chi connectivity index (χ0n) is 10.7. The normalized spacial score (nSPS) is 30.8. The number of nitrogens with one attached hydrogen (secondary N) is 1. The van der Waals surface area contributed by atoms with Gasteiger partial charge in [0.15, 0.2) is 12.0 Å². The molecule has 1 aliphatic rings. The molecule has 0 unspecified atom stereocenters. The van der Waals surface area contributed by atoms with Crippen molar-refractivity contribution < 1.29 is 9.53 Å². The number of carbonyl (C=O) groups excluding carboxylic acids is 1. The zero-order valence-corrected chi connectivity index (χ0v) is 11.4. The molecule has 0 spiro atoms. The van der Waals surface area contributed by atoms with E-state index >= 15 is 0 Å². The first-order valence-electron chi connectivity index (χ1n) is 6.04. The summed E-state index contributed by atoms with van der Waals surface area (Å²) in [5, 5.41) is 0. The van der Waals surface area contributed by atoms with Crippen LogP contribution in [0.4, 0.5) is 0 Å². The maximum atomic E-state index is 12.2. The number of rotatable bonds is 3. The maximum Gasteiger partial charge on any atom is 0.330 e. The number of hydrogen-bond acceptors (Lipinski definition) is 4. The molecular weight excluding hydrogens is 272 g/mol. The SMILES string of the molecule is CC[C@@]1(CCl)O[C@@H](n2ccc(=O)[nH]c2=O)C(=O)[C@@H]1C. The van der Waals surface area contributed by atoms with Crippen molar-refractivity contribution in [3.05, 3.63) is 33.1 Å². The molecular formula is C12H15ClN2O4. The predicted octanol–water partition coefficient (Wildman–Crippen LogP) is 0.658. The van der Waals surface area contributed by atoms with E-state index in [1.54, 1.807) is 6.92 Å². The van der Waals surface area contributed by atoms with E-state index in [1.165, 1.54) is 12.3 Å². The number of Topliss-reactive ketones (excluding diaryl/α,β-unsaturated/α-hetero) is 1. The van der Waals surface area contributed by atoms with Crippen LogP contribution in [-0.4, -0.2) is 26.8 Å². The molecule has 1 aromatic rings. The summed E-state index contributed by atoms with van der Waals surface area (Å²) in [5.74, 6) is -0.444. The van der Waals surface area contributed by atoms with Crippen LogP contribution in [0.1, 0.15) is 26.5 Å². The van der Waals surface area contributed by atoms with Crippen molar-refractivity contribution in [3.63, 3.8) is 0 Å². The summed E-state index contributed by atoms with van der Waals surface area (Å²) >= 11 is 5.92. The molecule has 0 aliphatic carbocycles. The van der Waals surface area contributed by atoms with Gasteiger partial charge in [0.1, 0.15) is 0 Å². The summed E-state index contributed by atoms with van der Waals surface area (Å²) in [5.41, 5.74) is -1.95. The molecule has 3 atom stereocenters. The van der Waals surface area contributed by atoms with Crippen LogP contribution in [0.15, 0.2) is 21.9 Å². The molecule has 0 saturated carbocycles. The van der Waals surface area contributed by atoms with Crippen molar-refractivity contribution in [3.8, 4) is 0 Å². The number of halogens is 1. The molecule has 1 aliphatic heterocycles. The Labute approximate surface area is 114 Å². The molecule has 6 nitrogen and oxygen atoms in total. The van der Waals surface area contributed by atoms with Gasteiger partial charge in [-0.1, -0.05) is 13.8 Å². The second-order valence-electron chi connectivity index (χ2n) is 4.66. The van der Waals surface area contributed by atoms with E-state index in [-0.39, 0.29) is 11.7 Å². The van der Waals surface area contributed by atoms with Gasteiger partial charge in [0.05, 0.1) is 11.5 Å². The van der Waals surface area contributed by atoms with Crippen LogP contribution < -0.4 is 11.2 Å². The lowest BCUT2D eigenvalue weighted by molar-refractivity contribution is -0.129. The van der Waals surface area contributed by atoms with Crippen LogP contribution in [0.2, 0.25) is 0 Å². The summed E-state index contributed by atoms with van der Waals surface area (Å²) in [7, 11) is 0. The van der Waals surface area contributed by atoms with E-state index in [4.69, 9.17) is 16.3 Å². The zero-order chi connectivity index (χ0) is 14.2. The van der Waals surface area contributed by atoms with Crippen LogP contribution in [-0.2, 0) is 9.53 Å². The second-order valence-corrected chi connectivity index (χ2v) is 4.93. The maximum absolute atomic E-state index is 12.2. The molecule has 19 heavy (non-hydrogen) atoms.